The molecule has 2 aromatic rings. The molecule has 0 saturated carbocycles. The van der Waals surface area contributed by atoms with Crippen LogP contribution in [-0.2, 0) is 6.42 Å². The highest BCUT2D eigenvalue weighted by atomic mass is 16.5. The maximum absolute atomic E-state index is 12.6. The Labute approximate surface area is 149 Å². The summed E-state index contributed by atoms with van der Waals surface area (Å²) in [5.74, 6) is 1.05. The third kappa shape index (κ3) is 3.64. The highest BCUT2D eigenvalue weighted by Crippen LogP contribution is 2.38. The van der Waals surface area contributed by atoms with Crippen molar-refractivity contribution in [3.63, 3.8) is 0 Å². The number of ether oxygens (including phenoxy) is 1. The van der Waals surface area contributed by atoms with Crippen molar-refractivity contribution in [1.29, 1.82) is 0 Å². The normalized spacial score (nSPS) is 15.9. The monoisotopic (exact) mass is 341 g/mol. The van der Waals surface area contributed by atoms with Gasteiger partial charge in [-0.1, -0.05) is 26.0 Å². The van der Waals surface area contributed by atoms with Gasteiger partial charge in [0.25, 0.3) is 0 Å². The lowest BCUT2D eigenvalue weighted by Crippen LogP contribution is -2.27. The van der Waals surface area contributed by atoms with E-state index in [0.717, 1.165) is 47.7 Å². The molecule has 1 aliphatic carbocycles. The molecule has 0 spiro atoms. The number of nitrogens with zero attached hydrogens (tertiary/aromatic N) is 1. The van der Waals surface area contributed by atoms with Crippen molar-refractivity contribution < 1.29 is 14.6 Å². The van der Waals surface area contributed by atoms with Crippen LogP contribution in [0.5, 0.6) is 5.75 Å². The fourth-order valence-corrected chi connectivity index (χ4v) is 3.65. The molecule has 1 aromatic carbocycles. The number of carbonyl (C=O) groups excluding carboxylic acids is 1. The number of fused-ring (bicyclic) bond motifs is 1. The quantitative estimate of drug-likeness (QED) is 0.805. The first-order valence-electron chi connectivity index (χ1n) is 9.00. The van der Waals surface area contributed by atoms with Crippen molar-refractivity contribution in [3.05, 3.63) is 47.3 Å². The summed E-state index contributed by atoms with van der Waals surface area (Å²) >= 11 is 0. The first kappa shape index (κ1) is 17.7. The van der Waals surface area contributed by atoms with E-state index in [1.165, 1.54) is 0 Å². The van der Waals surface area contributed by atoms with Gasteiger partial charge < -0.3 is 14.4 Å². The van der Waals surface area contributed by atoms with Crippen LogP contribution in [0.25, 0.3) is 5.69 Å². The Balaban J connectivity index is 2.00. The minimum atomic E-state index is -0.0243. The second kappa shape index (κ2) is 7.04. The average molecular weight is 341 g/mol. The van der Waals surface area contributed by atoms with Crippen LogP contribution in [0.15, 0.2) is 30.3 Å². The van der Waals surface area contributed by atoms with Crippen LogP contribution in [0.2, 0.25) is 0 Å². The third-order valence-electron chi connectivity index (χ3n) is 4.79. The number of benzene rings is 1. The Hall–Kier alpha value is -2.07. The zero-order valence-corrected chi connectivity index (χ0v) is 15.3. The maximum atomic E-state index is 12.6. The van der Waals surface area contributed by atoms with Crippen LogP contribution in [0.1, 0.15) is 54.9 Å². The van der Waals surface area contributed by atoms with E-state index in [1.54, 1.807) is 0 Å². The van der Waals surface area contributed by atoms with Crippen LogP contribution >= 0.6 is 0 Å². The van der Waals surface area contributed by atoms with E-state index in [2.05, 4.69) is 18.4 Å². The Morgan fingerprint density at radius 2 is 1.96 bits per heavy atom. The number of carbonyl (C=O) groups is 1. The molecular formula is C21H27NO3. The van der Waals surface area contributed by atoms with Gasteiger partial charge in [0.15, 0.2) is 5.78 Å². The smallest absolute Gasteiger partial charge is 0.165 e. The highest BCUT2D eigenvalue weighted by Gasteiger charge is 2.34. The van der Waals surface area contributed by atoms with Gasteiger partial charge in [-0.2, -0.15) is 0 Å². The number of para-hydroxylation sites is 2. The Bertz CT molecular complexity index is 773. The van der Waals surface area contributed by atoms with Crippen molar-refractivity contribution in [2.24, 2.45) is 5.41 Å². The standard InChI is InChI=1S/C21H27NO3/c1-15-12-16-18(13-21(2,3)14-19(16)24)22(15)17-8-4-5-9-20(17)25-11-7-6-10-23/h4-5,8-9,12,23H,6-7,10-11,13-14H2,1-3H3. The van der Waals surface area contributed by atoms with E-state index < -0.39 is 0 Å². The number of ketones is 1. The van der Waals surface area contributed by atoms with Gasteiger partial charge in [0.2, 0.25) is 0 Å². The van der Waals surface area contributed by atoms with Crippen LogP contribution in [-0.4, -0.2) is 28.7 Å². The van der Waals surface area contributed by atoms with Crippen molar-refractivity contribution in [2.75, 3.05) is 13.2 Å². The van der Waals surface area contributed by atoms with Gasteiger partial charge in [0.05, 0.1) is 12.3 Å². The van der Waals surface area contributed by atoms with E-state index in [4.69, 9.17) is 9.84 Å². The fraction of sp³-hybridized carbons (Fsp3) is 0.476. The first-order chi connectivity index (χ1) is 11.9. The number of rotatable bonds is 6. The molecule has 0 radical (unpaired) electrons. The largest absolute Gasteiger partial charge is 0.491 e. The number of hydrogen-bond acceptors (Lipinski definition) is 3. The lowest BCUT2D eigenvalue weighted by molar-refractivity contribution is 0.0911. The van der Waals surface area contributed by atoms with Gasteiger partial charge in [0, 0.05) is 30.0 Å². The molecule has 0 amide bonds. The molecule has 0 saturated heterocycles. The molecule has 134 valence electrons. The SMILES string of the molecule is Cc1cc2c(n1-c1ccccc1OCCCCO)CC(C)(C)CC2=O. The summed E-state index contributed by atoms with van der Waals surface area (Å²) in [6.45, 7) is 7.10. The molecule has 1 aliphatic rings. The molecule has 25 heavy (non-hydrogen) atoms. The van der Waals surface area contributed by atoms with Crippen LogP contribution in [0.3, 0.4) is 0 Å². The number of unbranched alkanes of at least 4 members (excludes halogenated alkanes) is 1. The summed E-state index contributed by atoms with van der Waals surface area (Å²) in [4.78, 5) is 12.6. The molecule has 3 rings (SSSR count). The summed E-state index contributed by atoms with van der Waals surface area (Å²) in [6.07, 6.45) is 3.03. The van der Waals surface area contributed by atoms with Crippen molar-refractivity contribution in [2.45, 2.75) is 46.5 Å². The van der Waals surface area contributed by atoms with Gasteiger partial charge in [-0.05, 0) is 49.8 Å². The number of aromatic nitrogens is 1. The van der Waals surface area contributed by atoms with Crippen LogP contribution in [0.4, 0.5) is 0 Å². The number of aliphatic hydroxyl groups excluding tert-OH is 1. The van der Waals surface area contributed by atoms with E-state index >= 15 is 0 Å². The summed E-state index contributed by atoms with van der Waals surface area (Å²) in [7, 11) is 0. The van der Waals surface area contributed by atoms with Crippen LogP contribution < -0.4 is 4.74 Å². The molecule has 0 bridgehead atoms. The van der Waals surface area contributed by atoms with Gasteiger partial charge in [-0.25, -0.2) is 0 Å². The van der Waals surface area contributed by atoms with E-state index in [0.29, 0.717) is 13.0 Å². The minimum Gasteiger partial charge on any atom is -0.491 e. The van der Waals surface area contributed by atoms with E-state index in [1.807, 2.05) is 37.3 Å². The predicted octanol–water partition coefficient (Wildman–Crippen LogP) is 4.09. The predicted molar refractivity (Wildman–Crippen MR) is 98.8 cm³/mol. The Morgan fingerprint density at radius 3 is 2.72 bits per heavy atom. The lowest BCUT2D eigenvalue weighted by Gasteiger charge is -2.30. The molecule has 1 N–H and O–H groups in total. The summed E-state index contributed by atoms with van der Waals surface area (Å²) in [6, 6.07) is 9.98. The lowest BCUT2D eigenvalue weighted by atomic mass is 9.76. The number of hydrogen-bond donors (Lipinski definition) is 1. The van der Waals surface area contributed by atoms with Crippen molar-refractivity contribution in [1.82, 2.24) is 4.57 Å². The Kier molecular flexibility index (Phi) is 5.00. The minimum absolute atomic E-state index is 0.0243. The molecule has 1 heterocycles. The first-order valence-corrected chi connectivity index (χ1v) is 9.00. The molecule has 0 unspecified atom stereocenters. The van der Waals surface area contributed by atoms with Gasteiger partial charge in [0.1, 0.15) is 5.75 Å². The third-order valence-corrected chi connectivity index (χ3v) is 4.79. The summed E-state index contributed by atoms with van der Waals surface area (Å²) in [5.41, 5.74) is 3.96. The molecule has 0 fully saturated rings. The van der Waals surface area contributed by atoms with Crippen LogP contribution in [0, 0.1) is 12.3 Å². The van der Waals surface area contributed by atoms with Gasteiger partial charge in [-0.15, -0.1) is 0 Å². The zero-order chi connectivity index (χ0) is 18.0. The summed E-state index contributed by atoms with van der Waals surface area (Å²) in [5, 5.41) is 8.92. The topological polar surface area (TPSA) is 51.5 Å². The second-order valence-corrected chi connectivity index (χ2v) is 7.67. The van der Waals surface area contributed by atoms with E-state index in [-0.39, 0.29) is 17.8 Å². The number of Topliss-reactive ketones (excluding diaryl/α,β-unsaturated/α-hetero) is 1. The molecule has 0 aliphatic heterocycles. The average Bonchev–Trinajstić information content (AvgIpc) is 2.87. The molecule has 4 nitrogen and oxygen atoms in total. The molecule has 4 heteroatoms. The van der Waals surface area contributed by atoms with Gasteiger partial charge >= 0.3 is 0 Å². The zero-order valence-electron chi connectivity index (χ0n) is 15.3. The highest BCUT2D eigenvalue weighted by molar-refractivity contribution is 5.99. The fourth-order valence-electron chi connectivity index (χ4n) is 3.65. The molecule has 1 aromatic heterocycles. The number of aliphatic hydroxyl groups is 1. The Morgan fingerprint density at radius 1 is 1.20 bits per heavy atom. The number of aryl methyl sites for hydroxylation is 1. The maximum Gasteiger partial charge on any atom is 0.165 e. The summed E-state index contributed by atoms with van der Waals surface area (Å²) < 4.78 is 8.15. The molecular weight excluding hydrogens is 314 g/mol. The van der Waals surface area contributed by atoms with Crippen molar-refractivity contribution >= 4 is 5.78 Å². The second-order valence-electron chi connectivity index (χ2n) is 7.67. The van der Waals surface area contributed by atoms with Gasteiger partial charge in [-0.3, -0.25) is 4.79 Å². The molecule has 0 atom stereocenters. The van der Waals surface area contributed by atoms with E-state index in [9.17, 15) is 4.79 Å². The van der Waals surface area contributed by atoms with Crippen molar-refractivity contribution in [3.8, 4) is 11.4 Å².